The van der Waals surface area contributed by atoms with Crippen LogP contribution >= 0.6 is 23.9 Å². The summed E-state index contributed by atoms with van der Waals surface area (Å²) in [7, 11) is -4.83. The Morgan fingerprint density at radius 3 is 1.58 bits per heavy atom. The molecule has 138 valence electrons. The first-order valence-electron chi connectivity index (χ1n) is 6.75. The Hall–Kier alpha value is 0.150. The Balaban J connectivity index is 0. The first kappa shape index (κ1) is 26.4. The van der Waals surface area contributed by atoms with Crippen molar-refractivity contribution in [2.24, 2.45) is 0 Å². The molecule has 0 spiro atoms. The van der Waals surface area contributed by atoms with E-state index >= 15 is 0 Å². The van der Waals surface area contributed by atoms with Crippen LogP contribution in [0.5, 0.6) is 0 Å². The summed E-state index contributed by atoms with van der Waals surface area (Å²) in [5.41, 5.74) is 0. The predicted octanol–water partition coefficient (Wildman–Crippen LogP) is -0.0808. The topological polar surface area (TPSA) is 105 Å². The van der Waals surface area contributed by atoms with Gasteiger partial charge in [-0.25, -0.2) is 18.6 Å². The number of nitrogens with zero attached hydrogens (tertiary/aromatic N) is 1. The van der Waals surface area contributed by atoms with Gasteiger partial charge in [0, 0.05) is 16.9 Å². The molecule has 0 fully saturated rings. The molecule has 0 aliphatic carbocycles. The summed E-state index contributed by atoms with van der Waals surface area (Å²) >= 11 is 3.45. The van der Waals surface area contributed by atoms with Crippen LogP contribution in [0.25, 0.3) is 0 Å². The second-order valence-corrected chi connectivity index (χ2v) is 8.58. The van der Waals surface area contributed by atoms with E-state index < -0.39 is 10.2 Å². The van der Waals surface area contributed by atoms with E-state index in [0.717, 1.165) is 0 Å². The van der Waals surface area contributed by atoms with E-state index in [9.17, 15) is 0 Å². The Morgan fingerprint density at radius 1 is 0.917 bits per heavy atom. The van der Waals surface area contributed by atoms with Crippen molar-refractivity contribution in [3.8, 4) is 0 Å². The van der Waals surface area contributed by atoms with Gasteiger partial charge in [0.15, 0.2) is 0 Å². The van der Waals surface area contributed by atoms with Crippen LogP contribution in [0.4, 0.5) is 0 Å². The maximum absolute atomic E-state index is 8.49. The molecule has 0 amide bonds. The monoisotopic (exact) mass is 619 g/mol. The standard InChI is InChI=1S/C10H14BrP.C5H5N.Au.ClHO4/c1-3-12(4-2)10-7-5-9(11)6-8-10;1-2-4-6-5-3-1;;2-1(3,4)5/h5-8H,3-4H2,1-2H3;1-5H;;(H,2,3,4,5)/q;;+1;/p-1. The maximum atomic E-state index is 8.49. The smallest absolute Gasteiger partial charge is 0.265 e. The molecule has 1 aromatic heterocycles. The van der Waals surface area contributed by atoms with Gasteiger partial charge in [0.25, 0.3) is 0 Å². The van der Waals surface area contributed by atoms with E-state index in [0.29, 0.717) is 0 Å². The van der Waals surface area contributed by atoms with E-state index in [1.54, 1.807) is 12.4 Å². The van der Waals surface area contributed by atoms with Crippen molar-refractivity contribution in [1.82, 2.24) is 4.98 Å². The van der Waals surface area contributed by atoms with Crippen molar-refractivity contribution in [2.45, 2.75) is 13.8 Å². The molecule has 0 atom stereocenters. The third kappa shape index (κ3) is 17.0. The maximum Gasteiger partial charge on any atom is 1.00 e. The van der Waals surface area contributed by atoms with Crippen LogP contribution in [0.2, 0.25) is 0 Å². The molecule has 5 nitrogen and oxygen atoms in total. The van der Waals surface area contributed by atoms with Crippen LogP contribution in [0.15, 0.2) is 59.3 Å². The fourth-order valence-electron chi connectivity index (χ4n) is 1.55. The van der Waals surface area contributed by atoms with E-state index in [-0.39, 0.29) is 30.3 Å². The van der Waals surface area contributed by atoms with E-state index in [4.69, 9.17) is 18.6 Å². The summed E-state index contributed by atoms with van der Waals surface area (Å²) in [4.78, 5) is 3.78. The Kier molecular flexibility index (Phi) is 16.9. The molecule has 0 N–H and O–H groups in total. The van der Waals surface area contributed by atoms with Crippen LogP contribution in [0, 0.1) is 10.2 Å². The number of benzene rings is 1. The van der Waals surface area contributed by atoms with Crippen LogP contribution in [0.3, 0.4) is 0 Å². The number of halogens is 2. The van der Waals surface area contributed by atoms with Gasteiger partial charge in [-0.3, -0.25) is 4.98 Å². The summed E-state index contributed by atoms with van der Waals surface area (Å²) in [6.45, 7) is 4.55. The SMILES string of the molecule is CCP(CC)c1ccc(Br)cc1.[Au+].[O-][Cl+3]([O-])([O-])[O-].c1ccncc1. The molecular formula is C15H19AuBrClNO4P. The fraction of sp³-hybridized carbons (Fsp3) is 0.267. The molecule has 2 aromatic rings. The largest absolute Gasteiger partial charge is 1.00 e. The molecule has 1 aromatic carbocycles. The van der Waals surface area contributed by atoms with Gasteiger partial charge in [-0.05, 0) is 41.9 Å². The summed E-state index contributed by atoms with van der Waals surface area (Å²) in [5.74, 6) is 0. The molecule has 0 aliphatic rings. The number of rotatable bonds is 3. The number of pyridine rings is 1. The summed E-state index contributed by atoms with van der Waals surface area (Å²) in [5, 5.41) is 1.53. The average molecular weight is 621 g/mol. The molecule has 1 heterocycles. The summed E-state index contributed by atoms with van der Waals surface area (Å²) in [6.07, 6.45) is 6.10. The Bertz CT molecular complexity index is 480. The molecule has 2 rings (SSSR count). The van der Waals surface area contributed by atoms with Gasteiger partial charge in [-0.1, -0.05) is 55.9 Å². The minimum absolute atomic E-state index is 0. The van der Waals surface area contributed by atoms with Crippen LogP contribution in [-0.4, -0.2) is 17.3 Å². The van der Waals surface area contributed by atoms with Gasteiger partial charge in [0.1, 0.15) is 0 Å². The van der Waals surface area contributed by atoms with Crippen LogP contribution in [-0.2, 0) is 22.4 Å². The first-order chi connectivity index (χ1) is 10.8. The quantitative estimate of drug-likeness (QED) is 0.353. The molecule has 0 radical (unpaired) electrons. The van der Waals surface area contributed by atoms with Crippen LogP contribution in [0.1, 0.15) is 13.8 Å². The minimum Gasteiger partial charge on any atom is -0.265 e. The van der Waals surface area contributed by atoms with Gasteiger partial charge in [0.05, 0.1) is 0 Å². The Morgan fingerprint density at radius 2 is 1.33 bits per heavy atom. The van der Waals surface area contributed by atoms with Gasteiger partial charge in [0.2, 0.25) is 0 Å². The zero-order chi connectivity index (χ0) is 17.7. The number of aromatic nitrogens is 1. The second-order valence-electron chi connectivity index (χ2n) is 4.05. The normalized spacial score (nSPS) is 9.83. The predicted molar refractivity (Wildman–Crippen MR) is 86.0 cm³/mol. The molecule has 0 aliphatic heterocycles. The zero-order valence-corrected chi connectivity index (χ0v) is 18.6. The molecule has 0 saturated heterocycles. The summed E-state index contributed by atoms with van der Waals surface area (Å²) < 4.78 is 35.1. The third-order valence-electron chi connectivity index (χ3n) is 2.52. The first-order valence-corrected chi connectivity index (χ1v) is 10.5. The van der Waals surface area contributed by atoms with E-state index in [1.807, 2.05) is 18.2 Å². The third-order valence-corrected chi connectivity index (χ3v) is 5.61. The van der Waals surface area contributed by atoms with Gasteiger partial charge in [-0.15, -0.1) is 10.2 Å². The van der Waals surface area contributed by atoms with Gasteiger partial charge >= 0.3 is 22.4 Å². The molecule has 0 bridgehead atoms. The van der Waals surface area contributed by atoms with Crippen molar-refractivity contribution in [1.29, 1.82) is 0 Å². The van der Waals surface area contributed by atoms with E-state index in [1.165, 1.54) is 22.1 Å². The average Bonchev–Trinajstić information content (AvgIpc) is 2.51. The van der Waals surface area contributed by atoms with Crippen molar-refractivity contribution < 1.29 is 51.3 Å². The van der Waals surface area contributed by atoms with Crippen LogP contribution < -0.4 is 23.9 Å². The fourth-order valence-corrected chi connectivity index (χ4v) is 3.57. The number of hydrogen-bond donors (Lipinski definition) is 0. The molecule has 0 saturated carbocycles. The van der Waals surface area contributed by atoms with Crippen molar-refractivity contribution >= 4 is 29.2 Å². The molecule has 9 heteroatoms. The van der Waals surface area contributed by atoms with Crippen molar-refractivity contribution in [3.05, 3.63) is 59.3 Å². The summed E-state index contributed by atoms with van der Waals surface area (Å²) in [6, 6.07) is 14.5. The van der Waals surface area contributed by atoms with Gasteiger partial charge < -0.3 is 0 Å². The van der Waals surface area contributed by atoms with E-state index in [2.05, 4.69) is 59.0 Å². The minimum atomic E-state index is -4.94. The van der Waals surface area contributed by atoms with Crippen molar-refractivity contribution in [2.75, 3.05) is 12.3 Å². The Labute approximate surface area is 170 Å². The zero-order valence-electron chi connectivity index (χ0n) is 13.2. The van der Waals surface area contributed by atoms with Gasteiger partial charge in [-0.2, -0.15) is 0 Å². The second kappa shape index (κ2) is 15.4. The molecule has 0 unspecified atom stereocenters. The number of hydrogen-bond acceptors (Lipinski definition) is 5. The molecular weight excluding hydrogens is 601 g/mol. The van der Waals surface area contributed by atoms with Crippen molar-refractivity contribution in [3.63, 3.8) is 0 Å². The molecule has 24 heavy (non-hydrogen) atoms.